The van der Waals surface area contributed by atoms with Gasteiger partial charge in [-0.3, -0.25) is 4.90 Å². The van der Waals surface area contributed by atoms with Crippen LogP contribution in [0.25, 0.3) is 0 Å². The molecule has 13 heteroatoms. The zero-order chi connectivity index (χ0) is 24.2. The highest BCUT2D eigenvalue weighted by Gasteiger charge is 2.48. The zero-order valence-corrected chi connectivity index (χ0v) is 18.5. The van der Waals surface area contributed by atoms with E-state index >= 15 is 0 Å². The molecule has 1 heterocycles. The lowest BCUT2D eigenvalue weighted by Gasteiger charge is -2.27. The number of nitriles is 1. The number of benzene rings is 2. The number of nitrogens with zero attached hydrogens (tertiary/aromatic N) is 2. The van der Waals surface area contributed by atoms with E-state index in [0.29, 0.717) is 55.7 Å². The molecule has 8 nitrogen and oxygen atoms in total. The summed E-state index contributed by atoms with van der Waals surface area (Å²) < 4.78 is 67.4. The van der Waals surface area contributed by atoms with Crippen LogP contribution in [-0.4, -0.2) is 51.2 Å². The van der Waals surface area contributed by atoms with Crippen LogP contribution in [0, 0.1) is 11.3 Å². The first-order valence-electron chi connectivity index (χ1n) is 9.53. The van der Waals surface area contributed by atoms with Crippen LogP contribution < -0.4 is 10.6 Å². The summed E-state index contributed by atoms with van der Waals surface area (Å²) in [6, 6.07) is 8.64. The van der Waals surface area contributed by atoms with E-state index in [-0.39, 0.29) is 5.69 Å². The highest BCUT2D eigenvalue weighted by molar-refractivity contribution is 7.92. The van der Waals surface area contributed by atoms with Crippen LogP contribution >= 0.6 is 11.6 Å². The normalized spacial score (nSPS) is 15.0. The zero-order valence-electron chi connectivity index (χ0n) is 16.9. The Bertz CT molecular complexity index is 1190. The Morgan fingerprint density at radius 3 is 2.48 bits per heavy atom. The molecular formula is C20H18ClF3N4O4S. The van der Waals surface area contributed by atoms with E-state index in [9.17, 15) is 31.6 Å². The summed E-state index contributed by atoms with van der Waals surface area (Å²) in [5, 5.41) is 13.4. The predicted molar refractivity (Wildman–Crippen MR) is 115 cm³/mol. The predicted octanol–water partition coefficient (Wildman–Crippen LogP) is 3.98. The van der Waals surface area contributed by atoms with Crippen molar-refractivity contribution in [3.05, 3.63) is 52.5 Å². The Morgan fingerprint density at radius 1 is 1.15 bits per heavy atom. The SMILES string of the molecule is N#Cc1ccc(NC(=O)Nc2ccc(Cl)c(S(=O)(=O)C(F)(F)F)c2)c(CN2CCOCC2)c1. The maximum atomic E-state index is 12.9. The number of rotatable bonds is 5. The maximum absolute atomic E-state index is 12.9. The Balaban J connectivity index is 1.80. The smallest absolute Gasteiger partial charge is 0.379 e. The highest BCUT2D eigenvalue weighted by atomic mass is 35.5. The summed E-state index contributed by atoms with van der Waals surface area (Å²) in [4.78, 5) is 13.4. The fourth-order valence-electron chi connectivity index (χ4n) is 3.11. The molecule has 2 aromatic carbocycles. The van der Waals surface area contributed by atoms with E-state index in [4.69, 9.17) is 16.3 Å². The molecule has 3 rings (SSSR count). The van der Waals surface area contributed by atoms with Gasteiger partial charge in [-0.15, -0.1) is 0 Å². The quantitative estimate of drug-likeness (QED) is 0.639. The first-order chi connectivity index (χ1) is 15.5. The van der Waals surface area contributed by atoms with Crippen molar-refractivity contribution in [3.8, 4) is 6.07 Å². The third kappa shape index (κ3) is 5.94. The van der Waals surface area contributed by atoms with Gasteiger partial charge in [0.05, 0.1) is 34.8 Å². The highest BCUT2D eigenvalue weighted by Crippen LogP contribution is 2.35. The Kier molecular flexibility index (Phi) is 7.48. The average Bonchev–Trinajstić information content (AvgIpc) is 2.76. The van der Waals surface area contributed by atoms with Gasteiger partial charge in [0.1, 0.15) is 0 Å². The standard InChI is InChI=1S/C20H18ClF3N4O4S/c21-16-3-2-15(10-18(16)33(30,31)20(22,23)24)26-19(29)27-17-4-1-13(11-25)9-14(17)12-28-5-7-32-8-6-28/h1-4,9-10H,5-8,12H2,(H2,26,27,29). The molecule has 0 aliphatic carbocycles. The number of nitrogens with one attached hydrogen (secondary N) is 2. The van der Waals surface area contributed by atoms with Crippen LogP contribution in [0.3, 0.4) is 0 Å². The second kappa shape index (κ2) is 9.96. The molecule has 0 spiro atoms. The van der Waals surface area contributed by atoms with Gasteiger partial charge in [-0.1, -0.05) is 11.6 Å². The van der Waals surface area contributed by atoms with Crippen LogP contribution in [-0.2, 0) is 21.1 Å². The lowest BCUT2D eigenvalue weighted by atomic mass is 10.1. The van der Waals surface area contributed by atoms with Gasteiger partial charge in [0.25, 0.3) is 9.84 Å². The van der Waals surface area contributed by atoms with E-state index in [1.165, 1.54) is 18.2 Å². The Labute approximate surface area is 192 Å². The van der Waals surface area contributed by atoms with Crippen molar-refractivity contribution < 1.29 is 31.1 Å². The van der Waals surface area contributed by atoms with Crippen molar-refractivity contribution in [2.75, 3.05) is 36.9 Å². The number of sulfone groups is 1. The van der Waals surface area contributed by atoms with Crippen LogP contribution in [0.4, 0.5) is 29.3 Å². The fraction of sp³-hybridized carbons (Fsp3) is 0.300. The minimum absolute atomic E-state index is 0.205. The molecule has 0 atom stereocenters. The molecule has 2 N–H and O–H groups in total. The molecular weight excluding hydrogens is 485 g/mol. The Hall–Kier alpha value is -2.85. The number of hydrogen-bond donors (Lipinski definition) is 2. The third-order valence-electron chi connectivity index (χ3n) is 4.76. The van der Waals surface area contributed by atoms with Gasteiger partial charge in [-0.2, -0.15) is 18.4 Å². The largest absolute Gasteiger partial charge is 0.501 e. The summed E-state index contributed by atoms with van der Waals surface area (Å²) in [5.74, 6) is 0. The molecule has 2 aromatic rings. The van der Waals surface area contributed by atoms with Gasteiger partial charge < -0.3 is 15.4 Å². The van der Waals surface area contributed by atoms with Gasteiger partial charge in [0.2, 0.25) is 0 Å². The molecule has 1 aliphatic heterocycles. The summed E-state index contributed by atoms with van der Waals surface area (Å²) >= 11 is 5.65. The first kappa shape index (κ1) is 24.8. The van der Waals surface area contributed by atoms with E-state index in [1.54, 1.807) is 6.07 Å². The lowest BCUT2D eigenvalue weighted by Crippen LogP contribution is -2.36. The van der Waals surface area contributed by atoms with Crippen molar-refractivity contribution in [3.63, 3.8) is 0 Å². The molecule has 2 amide bonds. The molecule has 1 saturated heterocycles. The molecule has 0 bridgehead atoms. The minimum Gasteiger partial charge on any atom is -0.379 e. The van der Waals surface area contributed by atoms with Crippen LogP contribution in [0.5, 0.6) is 0 Å². The molecule has 0 saturated carbocycles. The van der Waals surface area contributed by atoms with Crippen LogP contribution in [0.2, 0.25) is 5.02 Å². The Morgan fingerprint density at radius 2 is 1.85 bits per heavy atom. The number of hydrogen-bond acceptors (Lipinski definition) is 6. The second-order valence-electron chi connectivity index (χ2n) is 7.05. The molecule has 1 aliphatic rings. The van der Waals surface area contributed by atoms with Gasteiger partial charge >= 0.3 is 11.5 Å². The lowest BCUT2D eigenvalue weighted by molar-refractivity contribution is -0.0435. The van der Waals surface area contributed by atoms with Crippen molar-refractivity contribution in [2.45, 2.75) is 16.9 Å². The molecule has 1 fully saturated rings. The molecule has 0 radical (unpaired) electrons. The van der Waals surface area contributed by atoms with Gasteiger partial charge in [-0.25, -0.2) is 13.2 Å². The maximum Gasteiger partial charge on any atom is 0.501 e. The average molecular weight is 503 g/mol. The van der Waals surface area contributed by atoms with Crippen molar-refractivity contribution in [2.24, 2.45) is 0 Å². The molecule has 0 unspecified atom stereocenters. The van der Waals surface area contributed by atoms with Crippen molar-refractivity contribution in [1.82, 2.24) is 4.90 Å². The number of anilines is 2. The summed E-state index contributed by atoms with van der Waals surface area (Å²) in [7, 11) is -5.71. The number of halogens is 4. The van der Waals surface area contributed by atoms with E-state index in [0.717, 1.165) is 6.07 Å². The van der Waals surface area contributed by atoms with E-state index in [2.05, 4.69) is 15.5 Å². The van der Waals surface area contributed by atoms with Crippen molar-refractivity contribution >= 4 is 38.8 Å². The number of urea groups is 1. The summed E-state index contributed by atoms with van der Waals surface area (Å²) in [5.41, 5.74) is -4.32. The van der Waals surface area contributed by atoms with Crippen molar-refractivity contribution in [1.29, 1.82) is 5.26 Å². The van der Waals surface area contributed by atoms with E-state index < -0.39 is 31.3 Å². The number of alkyl halides is 3. The number of carbonyl (C=O) groups excluding carboxylic acids is 1. The minimum atomic E-state index is -5.71. The molecule has 0 aromatic heterocycles. The third-order valence-corrected chi connectivity index (χ3v) is 6.73. The van der Waals surface area contributed by atoms with E-state index in [1.807, 2.05) is 6.07 Å². The number of carbonyl (C=O) groups is 1. The van der Waals surface area contributed by atoms with Crippen LogP contribution in [0.1, 0.15) is 11.1 Å². The van der Waals surface area contributed by atoms with Gasteiger partial charge in [0.15, 0.2) is 0 Å². The molecule has 33 heavy (non-hydrogen) atoms. The van der Waals surface area contributed by atoms with Gasteiger partial charge in [0, 0.05) is 31.0 Å². The monoisotopic (exact) mass is 502 g/mol. The van der Waals surface area contributed by atoms with Gasteiger partial charge in [-0.05, 0) is 42.0 Å². The number of morpholine rings is 1. The summed E-state index contributed by atoms with van der Waals surface area (Å²) in [6.07, 6.45) is 0. The summed E-state index contributed by atoms with van der Waals surface area (Å²) in [6.45, 7) is 2.89. The fourth-order valence-corrected chi connectivity index (χ4v) is 4.39. The number of ether oxygens (including phenoxy) is 1. The second-order valence-corrected chi connectivity index (χ2v) is 9.36. The molecule has 176 valence electrons. The first-order valence-corrected chi connectivity index (χ1v) is 11.4. The topological polar surface area (TPSA) is 112 Å². The number of amides is 2. The van der Waals surface area contributed by atoms with Crippen LogP contribution in [0.15, 0.2) is 41.3 Å².